The number of halogens is 1. The lowest BCUT2D eigenvalue weighted by atomic mass is 9.88. The first kappa shape index (κ1) is 17.5. The fourth-order valence-electron chi connectivity index (χ4n) is 3.48. The van der Waals surface area contributed by atoms with Gasteiger partial charge in [-0.3, -0.25) is 9.59 Å². The topological polar surface area (TPSA) is 62.3 Å². The molecule has 0 spiro atoms. The van der Waals surface area contributed by atoms with Crippen LogP contribution < -0.4 is 5.32 Å². The van der Waals surface area contributed by atoms with Crippen LogP contribution in [0.3, 0.4) is 0 Å². The average molecular weight is 390 g/mol. The number of hydrogen-bond acceptors (Lipinski definition) is 4. The Labute approximate surface area is 161 Å². The second kappa shape index (κ2) is 7.00. The predicted octanol–water partition coefficient (Wildman–Crippen LogP) is 3.15. The van der Waals surface area contributed by atoms with Crippen molar-refractivity contribution in [2.75, 3.05) is 13.1 Å². The highest BCUT2D eigenvalue weighted by atomic mass is 35.5. The Morgan fingerprint density at radius 1 is 1.31 bits per heavy atom. The van der Waals surface area contributed by atoms with E-state index in [9.17, 15) is 9.59 Å². The van der Waals surface area contributed by atoms with Crippen molar-refractivity contribution in [1.82, 2.24) is 15.2 Å². The molecule has 1 saturated carbocycles. The maximum Gasteiger partial charge on any atom is 0.255 e. The zero-order chi connectivity index (χ0) is 18.1. The van der Waals surface area contributed by atoms with Gasteiger partial charge in [-0.05, 0) is 42.8 Å². The summed E-state index contributed by atoms with van der Waals surface area (Å²) in [6, 6.07) is 7.40. The maximum absolute atomic E-state index is 12.4. The molecule has 1 aliphatic heterocycles. The summed E-state index contributed by atoms with van der Waals surface area (Å²) in [4.78, 5) is 31.8. The highest BCUT2D eigenvalue weighted by molar-refractivity contribution is 7.09. The SMILES string of the molecule is O=C(CCc1cccs1)NC1(C2CN(C(=O)c3ccc(Cl)nc3)C2)CC1. The van der Waals surface area contributed by atoms with Crippen molar-refractivity contribution in [3.63, 3.8) is 0 Å². The first-order chi connectivity index (χ1) is 12.6. The first-order valence-electron chi connectivity index (χ1n) is 8.80. The third-order valence-electron chi connectivity index (χ3n) is 5.28. The van der Waals surface area contributed by atoms with E-state index in [1.54, 1.807) is 23.5 Å². The highest BCUT2D eigenvalue weighted by Crippen LogP contribution is 2.46. The lowest BCUT2D eigenvalue weighted by Crippen LogP contribution is -2.59. The van der Waals surface area contributed by atoms with Crippen LogP contribution in [0, 0.1) is 5.92 Å². The van der Waals surface area contributed by atoms with E-state index in [1.807, 2.05) is 16.3 Å². The molecule has 26 heavy (non-hydrogen) atoms. The van der Waals surface area contributed by atoms with Gasteiger partial charge in [0.1, 0.15) is 5.15 Å². The van der Waals surface area contributed by atoms with Crippen LogP contribution in [0.25, 0.3) is 0 Å². The summed E-state index contributed by atoms with van der Waals surface area (Å²) < 4.78 is 0. The third-order valence-corrected chi connectivity index (χ3v) is 6.44. The summed E-state index contributed by atoms with van der Waals surface area (Å²) in [7, 11) is 0. The van der Waals surface area contributed by atoms with Crippen molar-refractivity contribution in [3.8, 4) is 0 Å². The van der Waals surface area contributed by atoms with Crippen molar-refractivity contribution in [1.29, 1.82) is 0 Å². The minimum Gasteiger partial charge on any atom is -0.350 e. The Kier molecular flexibility index (Phi) is 4.71. The molecular weight excluding hydrogens is 370 g/mol. The fourth-order valence-corrected chi connectivity index (χ4v) is 4.30. The Balaban J connectivity index is 1.27. The number of amides is 2. The lowest BCUT2D eigenvalue weighted by Gasteiger charge is -2.44. The number of nitrogens with one attached hydrogen (secondary N) is 1. The van der Waals surface area contributed by atoms with Crippen molar-refractivity contribution >= 4 is 34.8 Å². The van der Waals surface area contributed by atoms with Gasteiger partial charge in [-0.1, -0.05) is 17.7 Å². The minimum absolute atomic E-state index is 0.0229. The van der Waals surface area contributed by atoms with E-state index in [1.165, 1.54) is 11.1 Å². The van der Waals surface area contributed by atoms with Crippen molar-refractivity contribution in [2.45, 2.75) is 31.2 Å². The van der Waals surface area contributed by atoms with Crippen LogP contribution in [0.1, 0.15) is 34.5 Å². The summed E-state index contributed by atoms with van der Waals surface area (Å²) in [6.07, 6.45) is 4.84. The van der Waals surface area contributed by atoms with Crippen molar-refractivity contribution in [2.24, 2.45) is 5.92 Å². The number of hydrogen-bond donors (Lipinski definition) is 1. The largest absolute Gasteiger partial charge is 0.350 e. The summed E-state index contributed by atoms with van der Waals surface area (Å²) in [5.74, 6) is 0.435. The molecule has 1 N–H and O–H groups in total. The number of pyridine rings is 1. The van der Waals surface area contributed by atoms with Gasteiger partial charge in [0, 0.05) is 42.0 Å². The van der Waals surface area contributed by atoms with Crippen LogP contribution in [0.2, 0.25) is 5.15 Å². The average Bonchev–Trinajstić information content (AvgIpc) is 3.15. The van der Waals surface area contributed by atoms with Crippen LogP contribution in [0.15, 0.2) is 35.8 Å². The van der Waals surface area contributed by atoms with Crippen LogP contribution >= 0.6 is 22.9 Å². The molecule has 1 saturated heterocycles. The molecular formula is C19H20ClN3O2S. The third kappa shape index (κ3) is 3.62. The summed E-state index contributed by atoms with van der Waals surface area (Å²) in [6.45, 7) is 1.37. The molecule has 4 rings (SSSR count). The second-order valence-corrected chi connectivity index (χ2v) is 8.48. The first-order valence-corrected chi connectivity index (χ1v) is 10.1. The van der Waals surface area contributed by atoms with Crippen LogP contribution in [-0.2, 0) is 11.2 Å². The molecule has 0 atom stereocenters. The molecule has 2 aliphatic rings. The highest BCUT2D eigenvalue weighted by Gasteiger charge is 2.55. The normalized spacial score (nSPS) is 18.3. The quantitative estimate of drug-likeness (QED) is 0.772. The van der Waals surface area contributed by atoms with Crippen molar-refractivity contribution < 1.29 is 9.59 Å². The van der Waals surface area contributed by atoms with E-state index >= 15 is 0 Å². The van der Waals surface area contributed by atoms with E-state index in [4.69, 9.17) is 11.6 Å². The van der Waals surface area contributed by atoms with Gasteiger partial charge < -0.3 is 10.2 Å². The molecule has 0 bridgehead atoms. The molecule has 1 aliphatic carbocycles. The molecule has 0 unspecified atom stereocenters. The minimum atomic E-state index is -0.0957. The van der Waals surface area contributed by atoms with E-state index in [-0.39, 0.29) is 17.4 Å². The molecule has 2 aromatic heterocycles. The van der Waals surface area contributed by atoms with Crippen molar-refractivity contribution in [3.05, 3.63) is 51.4 Å². The van der Waals surface area contributed by atoms with E-state index in [0.717, 1.165) is 19.3 Å². The van der Waals surface area contributed by atoms with E-state index in [0.29, 0.717) is 36.1 Å². The van der Waals surface area contributed by atoms with Gasteiger partial charge in [-0.15, -0.1) is 11.3 Å². The molecule has 0 radical (unpaired) electrons. The maximum atomic E-state index is 12.4. The number of likely N-dealkylation sites (tertiary alicyclic amines) is 1. The number of aryl methyl sites for hydroxylation is 1. The van der Waals surface area contributed by atoms with Gasteiger partial charge in [0.05, 0.1) is 5.56 Å². The number of rotatable bonds is 6. The van der Waals surface area contributed by atoms with Gasteiger partial charge in [0.25, 0.3) is 5.91 Å². The van der Waals surface area contributed by atoms with Crippen LogP contribution in [0.5, 0.6) is 0 Å². The Morgan fingerprint density at radius 2 is 2.12 bits per heavy atom. The number of thiophene rings is 1. The van der Waals surface area contributed by atoms with Gasteiger partial charge in [-0.2, -0.15) is 0 Å². The Bertz CT molecular complexity index is 797. The molecule has 0 aromatic carbocycles. The predicted molar refractivity (Wildman–Crippen MR) is 101 cm³/mol. The molecule has 3 heterocycles. The molecule has 136 valence electrons. The molecule has 2 aromatic rings. The van der Waals surface area contributed by atoms with Crippen LogP contribution in [-0.4, -0.2) is 40.3 Å². The van der Waals surface area contributed by atoms with Gasteiger partial charge in [0.2, 0.25) is 5.91 Å². The zero-order valence-electron chi connectivity index (χ0n) is 14.3. The molecule has 2 fully saturated rings. The molecule has 2 amide bonds. The molecule has 7 heteroatoms. The second-order valence-electron chi connectivity index (χ2n) is 7.06. The monoisotopic (exact) mass is 389 g/mol. The lowest BCUT2D eigenvalue weighted by molar-refractivity contribution is -0.122. The number of carbonyl (C=O) groups excluding carboxylic acids is 2. The summed E-state index contributed by atoms with van der Waals surface area (Å²) >= 11 is 7.45. The standard InChI is InChI=1S/C19H20ClN3O2S/c20-16-5-3-13(10-21-16)18(25)23-11-14(12-23)19(7-8-19)22-17(24)6-4-15-2-1-9-26-15/h1-3,5,9-10,14H,4,6-8,11-12H2,(H,22,24). The summed E-state index contributed by atoms with van der Waals surface area (Å²) in [5, 5.41) is 5.65. The van der Waals surface area contributed by atoms with E-state index < -0.39 is 0 Å². The Hall–Kier alpha value is -1.92. The number of nitrogens with zero attached hydrogens (tertiary/aromatic N) is 2. The molecule has 5 nitrogen and oxygen atoms in total. The smallest absolute Gasteiger partial charge is 0.255 e. The number of carbonyl (C=O) groups is 2. The van der Waals surface area contributed by atoms with Gasteiger partial charge in [0.15, 0.2) is 0 Å². The zero-order valence-corrected chi connectivity index (χ0v) is 15.9. The Morgan fingerprint density at radius 3 is 2.73 bits per heavy atom. The van der Waals surface area contributed by atoms with Gasteiger partial charge in [-0.25, -0.2) is 4.98 Å². The fraction of sp³-hybridized carbons (Fsp3) is 0.421. The summed E-state index contributed by atoms with van der Waals surface area (Å²) in [5.41, 5.74) is 0.458. The number of aromatic nitrogens is 1. The van der Waals surface area contributed by atoms with Gasteiger partial charge >= 0.3 is 0 Å². The van der Waals surface area contributed by atoms with E-state index in [2.05, 4.69) is 16.4 Å². The van der Waals surface area contributed by atoms with Crippen LogP contribution in [0.4, 0.5) is 0 Å².